The Morgan fingerprint density at radius 2 is 2.11 bits per heavy atom. The second-order valence-corrected chi connectivity index (χ2v) is 3.73. The maximum atomic E-state index is 11.8. The SMILES string of the molecule is COCCNC(=O)c1cc(Cl)c(N)cc1OC.Cl. The van der Waals surface area contributed by atoms with Crippen LogP contribution in [0.25, 0.3) is 0 Å². The molecule has 0 saturated heterocycles. The summed E-state index contributed by atoms with van der Waals surface area (Å²) in [6.07, 6.45) is 0. The van der Waals surface area contributed by atoms with Gasteiger partial charge < -0.3 is 20.5 Å². The van der Waals surface area contributed by atoms with Crippen LogP contribution in [-0.4, -0.2) is 33.3 Å². The van der Waals surface area contributed by atoms with Gasteiger partial charge in [0.05, 0.1) is 30.0 Å². The van der Waals surface area contributed by atoms with Crippen LogP contribution in [0.1, 0.15) is 10.4 Å². The molecule has 0 aliphatic carbocycles. The van der Waals surface area contributed by atoms with E-state index in [0.29, 0.717) is 35.2 Å². The zero-order valence-electron chi connectivity index (χ0n) is 10.2. The Labute approximate surface area is 117 Å². The molecule has 1 aromatic rings. The number of carbonyl (C=O) groups is 1. The molecule has 0 bridgehead atoms. The number of halogens is 2. The lowest BCUT2D eigenvalue weighted by Crippen LogP contribution is -2.27. The van der Waals surface area contributed by atoms with Crippen molar-refractivity contribution in [2.24, 2.45) is 0 Å². The number of rotatable bonds is 5. The summed E-state index contributed by atoms with van der Waals surface area (Å²) < 4.78 is 9.91. The van der Waals surface area contributed by atoms with Crippen LogP contribution in [-0.2, 0) is 4.74 Å². The Hall–Kier alpha value is -1.17. The minimum absolute atomic E-state index is 0. The molecule has 0 unspecified atom stereocenters. The molecule has 0 radical (unpaired) electrons. The molecule has 18 heavy (non-hydrogen) atoms. The summed E-state index contributed by atoms with van der Waals surface area (Å²) in [5, 5.41) is 3.00. The number of anilines is 1. The molecule has 5 nitrogen and oxygen atoms in total. The average Bonchev–Trinajstić information content (AvgIpc) is 2.32. The van der Waals surface area contributed by atoms with E-state index in [9.17, 15) is 4.79 Å². The number of nitrogens with two attached hydrogens (primary N) is 1. The largest absolute Gasteiger partial charge is 0.496 e. The van der Waals surface area contributed by atoms with Gasteiger partial charge in [-0.05, 0) is 6.07 Å². The third-order valence-electron chi connectivity index (χ3n) is 2.16. The van der Waals surface area contributed by atoms with E-state index in [2.05, 4.69) is 5.32 Å². The van der Waals surface area contributed by atoms with Crippen molar-refractivity contribution in [3.63, 3.8) is 0 Å². The smallest absolute Gasteiger partial charge is 0.255 e. The first-order valence-electron chi connectivity index (χ1n) is 5.00. The summed E-state index contributed by atoms with van der Waals surface area (Å²) in [5.41, 5.74) is 6.35. The van der Waals surface area contributed by atoms with E-state index in [4.69, 9.17) is 26.8 Å². The molecule has 0 aliphatic rings. The third-order valence-corrected chi connectivity index (χ3v) is 2.48. The zero-order chi connectivity index (χ0) is 12.8. The number of amides is 1. The molecule has 0 fully saturated rings. The Morgan fingerprint density at radius 3 is 2.67 bits per heavy atom. The third kappa shape index (κ3) is 4.25. The van der Waals surface area contributed by atoms with Crippen molar-refractivity contribution in [2.45, 2.75) is 0 Å². The number of carbonyl (C=O) groups excluding carboxylic acids is 1. The fourth-order valence-electron chi connectivity index (χ4n) is 1.28. The number of benzene rings is 1. The van der Waals surface area contributed by atoms with E-state index in [0.717, 1.165) is 0 Å². The fourth-order valence-corrected chi connectivity index (χ4v) is 1.44. The second kappa shape index (κ2) is 8.02. The fraction of sp³-hybridized carbons (Fsp3) is 0.364. The van der Waals surface area contributed by atoms with Crippen molar-refractivity contribution >= 4 is 35.6 Å². The molecular weight excluding hydrogens is 279 g/mol. The van der Waals surface area contributed by atoms with E-state index in [1.165, 1.54) is 19.2 Å². The van der Waals surface area contributed by atoms with Gasteiger partial charge in [-0.2, -0.15) is 0 Å². The van der Waals surface area contributed by atoms with Crippen molar-refractivity contribution in [3.05, 3.63) is 22.7 Å². The normalized spacial score (nSPS) is 9.50. The van der Waals surface area contributed by atoms with Gasteiger partial charge in [-0.1, -0.05) is 11.6 Å². The van der Waals surface area contributed by atoms with Crippen LogP contribution in [0.5, 0.6) is 5.75 Å². The Morgan fingerprint density at radius 1 is 1.44 bits per heavy atom. The van der Waals surface area contributed by atoms with E-state index in [1.807, 2.05) is 0 Å². The van der Waals surface area contributed by atoms with E-state index in [-0.39, 0.29) is 18.3 Å². The number of hydrogen-bond donors (Lipinski definition) is 2. The van der Waals surface area contributed by atoms with Gasteiger partial charge in [-0.15, -0.1) is 12.4 Å². The molecular formula is C11H16Cl2N2O3. The lowest BCUT2D eigenvalue weighted by atomic mass is 10.1. The second-order valence-electron chi connectivity index (χ2n) is 3.32. The zero-order valence-corrected chi connectivity index (χ0v) is 11.7. The van der Waals surface area contributed by atoms with Gasteiger partial charge in [0.2, 0.25) is 0 Å². The maximum Gasteiger partial charge on any atom is 0.255 e. The molecule has 7 heteroatoms. The summed E-state index contributed by atoms with van der Waals surface area (Å²) in [6, 6.07) is 3.01. The van der Waals surface area contributed by atoms with Crippen molar-refractivity contribution in [1.29, 1.82) is 0 Å². The molecule has 0 saturated carbocycles. The van der Waals surface area contributed by atoms with Crippen LogP contribution >= 0.6 is 24.0 Å². The number of methoxy groups -OCH3 is 2. The van der Waals surface area contributed by atoms with Gasteiger partial charge in [-0.25, -0.2) is 0 Å². The van der Waals surface area contributed by atoms with Crippen LogP contribution in [0.2, 0.25) is 5.02 Å². The van der Waals surface area contributed by atoms with Crippen LogP contribution in [0.4, 0.5) is 5.69 Å². The standard InChI is InChI=1S/C11H15ClN2O3.ClH/c1-16-4-3-14-11(15)7-5-8(12)9(13)6-10(7)17-2;/h5-6H,3-4,13H2,1-2H3,(H,14,15);1H. The van der Waals surface area contributed by atoms with Gasteiger partial charge in [-0.3, -0.25) is 4.79 Å². The van der Waals surface area contributed by atoms with Crippen molar-refractivity contribution in [2.75, 3.05) is 33.1 Å². The minimum Gasteiger partial charge on any atom is -0.496 e. The summed E-state index contributed by atoms with van der Waals surface area (Å²) in [6.45, 7) is 0.858. The summed E-state index contributed by atoms with van der Waals surface area (Å²) in [4.78, 5) is 11.8. The van der Waals surface area contributed by atoms with E-state index >= 15 is 0 Å². The van der Waals surface area contributed by atoms with Gasteiger partial charge in [0.15, 0.2) is 0 Å². The highest BCUT2D eigenvalue weighted by Crippen LogP contribution is 2.28. The summed E-state index contributed by atoms with van der Waals surface area (Å²) in [7, 11) is 3.03. The molecule has 0 heterocycles. The van der Waals surface area contributed by atoms with Crippen molar-refractivity contribution in [3.8, 4) is 5.75 Å². The highest BCUT2D eigenvalue weighted by Gasteiger charge is 2.14. The van der Waals surface area contributed by atoms with Gasteiger partial charge in [0, 0.05) is 19.7 Å². The average molecular weight is 295 g/mol. The first kappa shape index (κ1) is 16.8. The molecule has 3 N–H and O–H groups in total. The monoisotopic (exact) mass is 294 g/mol. The van der Waals surface area contributed by atoms with Crippen LogP contribution in [0.3, 0.4) is 0 Å². The maximum absolute atomic E-state index is 11.8. The highest BCUT2D eigenvalue weighted by atomic mass is 35.5. The van der Waals surface area contributed by atoms with Gasteiger partial charge in [0.25, 0.3) is 5.91 Å². The molecule has 0 aromatic heterocycles. The van der Waals surface area contributed by atoms with Gasteiger partial charge >= 0.3 is 0 Å². The van der Waals surface area contributed by atoms with Gasteiger partial charge in [0.1, 0.15) is 5.75 Å². The van der Waals surface area contributed by atoms with Crippen molar-refractivity contribution < 1.29 is 14.3 Å². The van der Waals surface area contributed by atoms with E-state index in [1.54, 1.807) is 7.11 Å². The topological polar surface area (TPSA) is 73.6 Å². The molecule has 1 amide bonds. The number of ether oxygens (including phenoxy) is 2. The number of hydrogen-bond acceptors (Lipinski definition) is 4. The molecule has 1 aromatic carbocycles. The lowest BCUT2D eigenvalue weighted by Gasteiger charge is -2.10. The molecule has 0 spiro atoms. The number of nitrogens with one attached hydrogen (secondary N) is 1. The Kier molecular flexibility index (Phi) is 7.50. The molecule has 102 valence electrons. The number of nitrogen functional groups attached to an aromatic ring is 1. The quantitative estimate of drug-likeness (QED) is 0.641. The van der Waals surface area contributed by atoms with Crippen LogP contribution < -0.4 is 15.8 Å². The highest BCUT2D eigenvalue weighted by molar-refractivity contribution is 6.33. The van der Waals surface area contributed by atoms with E-state index < -0.39 is 0 Å². The minimum atomic E-state index is -0.277. The summed E-state index contributed by atoms with van der Waals surface area (Å²) in [5.74, 6) is 0.114. The summed E-state index contributed by atoms with van der Waals surface area (Å²) >= 11 is 5.86. The lowest BCUT2D eigenvalue weighted by molar-refractivity contribution is 0.0934. The van der Waals surface area contributed by atoms with Crippen LogP contribution in [0.15, 0.2) is 12.1 Å². The molecule has 0 atom stereocenters. The van der Waals surface area contributed by atoms with Crippen LogP contribution in [0, 0.1) is 0 Å². The first-order valence-corrected chi connectivity index (χ1v) is 5.38. The first-order chi connectivity index (χ1) is 8.10. The molecule has 1 rings (SSSR count). The predicted octanol–water partition coefficient (Wildman–Crippen LogP) is 1.73. The van der Waals surface area contributed by atoms with Crippen molar-refractivity contribution in [1.82, 2.24) is 5.32 Å². The Bertz CT molecular complexity index is 414. The Balaban J connectivity index is 0.00000289. The molecule has 0 aliphatic heterocycles. The predicted molar refractivity (Wildman–Crippen MR) is 73.9 cm³/mol.